The van der Waals surface area contributed by atoms with Gasteiger partial charge in [0.2, 0.25) is 0 Å². The Morgan fingerprint density at radius 1 is 0.541 bits per heavy atom. The topological polar surface area (TPSA) is 33.5 Å². The van der Waals surface area contributed by atoms with Crippen molar-refractivity contribution in [1.82, 2.24) is 9.55 Å². The van der Waals surface area contributed by atoms with Gasteiger partial charge in [-0.3, -0.25) is 4.57 Å². The first-order chi connectivity index (χ1) is 29.0. The van der Waals surface area contributed by atoms with E-state index >= 15 is 8.78 Å². The number of hydrogen-bond acceptors (Lipinski definition) is 4. The summed E-state index contributed by atoms with van der Waals surface area (Å²) in [7, 11) is 0. The summed E-state index contributed by atoms with van der Waals surface area (Å²) < 4.78 is 40.7. The predicted molar refractivity (Wildman–Crippen MR) is 249 cm³/mol. The lowest BCUT2D eigenvalue weighted by molar-refractivity contribution is 0.483. The molecule has 0 amide bonds. The monoisotopic (exact) mass is 810 g/mol. The van der Waals surface area contributed by atoms with E-state index in [0.717, 1.165) is 61.4 Å². The van der Waals surface area contributed by atoms with Gasteiger partial charge in [-0.15, -0.1) is 0 Å². The molecule has 2 aromatic heterocycles. The first-order valence-corrected chi connectivity index (χ1v) is 21.0. The molecule has 5 nitrogen and oxygen atoms in total. The van der Waals surface area contributed by atoms with Crippen molar-refractivity contribution in [3.05, 3.63) is 168 Å². The van der Waals surface area contributed by atoms with Gasteiger partial charge in [-0.1, -0.05) is 117 Å². The third kappa shape index (κ3) is 7.20. The van der Waals surface area contributed by atoms with Gasteiger partial charge in [-0.05, 0) is 111 Å². The average molecular weight is 811 g/mol. The van der Waals surface area contributed by atoms with Crippen LogP contribution >= 0.6 is 0 Å². The number of halogens is 2. The molecule has 0 radical (unpaired) electrons. The van der Waals surface area contributed by atoms with Crippen molar-refractivity contribution in [2.45, 2.75) is 78.6 Å². The van der Waals surface area contributed by atoms with Gasteiger partial charge in [-0.25, -0.2) is 13.8 Å². The fourth-order valence-electron chi connectivity index (χ4n) is 8.83. The molecular formula is C54H52F2N4O. The molecule has 6 aromatic carbocycles. The van der Waals surface area contributed by atoms with E-state index < -0.39 is 11.6 Å². The highest BCUT2D eigenvalue weighted by Crippen LogP contribution is 2.50. The summed E-state index contributed by atoms with van der Waals surface area (Å²) in [6, 6.07) is 43.9. The third-order valence-electron chi connectivity index (χ3n) is 11.8. The van der Waals surface area contributed by atoms with Crippen molar-refractivity contribution in [2.24, 2.45) is 0 Å². The van der Waals surface area contributed by atoms with Crippen LogP contribution in [0.1, 0.15) is 79.0 Å². The highest BCUT2D eigenvalue weighted by Gasteiger charge is 2.34. The zero-order chi connectivity index (χ0) is 43.0. The van der Waals surface area contributed by atoms with Crippen molar-refractivity contribution >= 4 is 44.6 Å². The van der Waals surface area contributed by atoms with E-state index in [2.05, 4.69) is 157 Å². The first-order valence-electron chi connectivity index (χ1n) is 21.0. The van der Waals surface area contributed by atoms with E-state index in [1.807, 2.05) is 36.5 Å². The van der Waals surface area contributed by atoms with Crippen LogP contribution in [-0.2, 0) is 16.2 Å². The van der Waals surface area contributed by atoms with Crippen molar-refractivity contribution in [1.29, 1.82) is 0 Å². The summed E-state index contributed by atoms with van der Waals surface area (Å²) >= 11 is 0. The fraction of sp³-hybridized carbons (Fsp3) is 0.241. The Kier molecular flexibility index (Phi) is 9.58. The Balaban J connectivity index is 1.26. The second-order valence-corrected chi connectivity index (χ2v) is 19.3. The molecule has 0 unspecified atom stereocenters. The molecule has 0 saturated heterocycles. The second kappa shape index (κ2) is 14.6. The highest BCUT2D eigenvalue weighted by atomic mass is 19.1. The number of aromatic nitrogens is 2. The predicted octanol–water partition coefficient (Wildman–Crippen LogP) is 15.1. The van der Waals surface area contributed by atoms with E-state index in [1.165, 1.54) is 29.3 Å². The Bertz CT molecular complexity index is 2910. The van der Waals surface area contributed by atoms with Crippen LogP contribution in [0.3, 0.4) is 0 Å². The molecule has 0 fully saturated rings. The quantitative estimate of drug-likeness (QED) is 0.167. The molecule has 0 saturated carbocycles. The number of hydrogen-bond donors (Lipinski definition) is 0. The number of anilines is 4. The zero-order valence-electron chi connectivity index (χ0n) is 36.4. The van der Waals surface area contributed by atoms with E-state index in [9.17, 15) is 0 Å². The molecule has 61 heavy (non-hydrogen) atoms. The molecule has 1 aliphatic rings. The zero-order valence-corrected chi connectivity index (χ0v) is 36.4. The highest BCUT2D eigenvalue weighted by molar-refractivity contribution is 6.09. The van der Waals surface area contributed by atoms with Crippen molar-refractivity contribution < 1.29 is 13.5 Å². The second-order valence-electron chi connectivity index (χ2n) is 19.3. The smallest absolute Gasteiger partial charge is 0.149 e. The van der Waals surface area contributed by atoms with Gasteiger partial charge in [0.15, 0.2) is 0 Å². The maximum absolute atomic E-state index is 15.8. The minimum atomic E-state index is -0.612. The number of fused-ring (bicyclic) bond motifs is 4. The number of ether oxygens (including phenoxy) is 1. The molecule has 8 aromatic rings. The van der Waals surface area contributed by atoms with Gasteiger partial charge in [0.1, 0.15) is 41.3 Å². The normalized spacial score (nSPS) is 13.4. The lowest BCUT2D eigenvalue weighted by atomic mass is 9.74. The van der Waals surface area contributed by atoms with Crippen LogP contribution in [-0.4, -0.2) is 16.2 Å². The lowest BCUT2D eigenvalue weighted by Gasteiger charge is -2.31. The van der Waals surface area contributed by atoms with E-state index in [0.29, 0.717) is 11.5 Å². The number of benzene rings is 6. The van der Waals surface area contributed by atoms with E-state index in [4.69, 9.17) is 9.72 Å². The number of nitrogens with zero attached hydrogens (tertiary/aromatic N) is 4. The maximum atomic E-state index is 15.8. The SMILES string of the molecule is CC(C)(C)c1ccc2c(c1)N(c1c(F)cccc1F)CN2c1cc(Oc2ccc3c4ccccc4n(-c4ccccn4)c3c2)cc(-c2c(C(C)(C)C)cccc2C(C)(C)C)c1. The molecule has 0 spiro atoms. The Labute approximate surface area is 357 Å². The fourth-order valence-corrected chi connectivity index (χ4v) is 8.83. The Hall–Kier alpha value is -6.47. The van der Waals surface area contributed by atoms with Crippen molar-refractivity contribution in [3.63, 3.8) is 0 Å². The molecule has 1 aliphatic heterocycles. The molecule has 0 N–H and O–H groups in total. The maximum Gasteiger partial charge on any atom is 0.149 e. The van der Waals surface area contributed by atoms with E-state index in [-0.39, 0.29) is 28.6 Å². The minimum absolute atomic E-state index is 0.0744. The molecule has 308 valence electrons. The third-order valence-corrected chi connectivity index (χ3v) is 11.8. The van der Waals surface area contributed by atoms with Crippen LogP contribution in [0.5, 0.6) is 11.5 Å². The molecular weight excluding hydrogens is 759 g/mol. The summed E-state index contributed by atoms with van der Waals surface area (Å²) in [5.74, 6) is 0.904. The number of rotatable bonds is 6. The summed E-state index contributed by atoms with van der Waals surface area (Å²) in [5, 5.41) is 2.23. The summed E-state index contributed by atoms with van der Waals surface area (Å²) in [6.07, 6.45) is 1.81. The van der Waals surface area contributed by atoms with Crippen LogP contribution in [0.15, 0.2) is 140 Å². The molecule has 7 heteroatoms. The van der Waals surface area contributed by atoms with Gasteiger partial charge in [0.05, 0.1) is 22.4 Å². The van der Waals surface area contributed by atoms with Crippen LogP contribution < -0.4 is 14.5 Å². The average Bonchev–Trinajstić information content (AvgIpc) is 3.75. The Morgan fingerprint density at radius 3 is 1.89 bits per heavy atom. The molecule has 3 heterocycles. The van der Waals surface area contributed by atoms with Gasteiger partial charge >= 0.3 is 0 Å². The van der Waals surface area contributed by atoms with Crippen LogP contribution in [0, 0.1) is 11.6 Å². The standard InChI is InChI=1S/C54H52F2N4O/c1-52(2,3)35-23-26-46-48(30-35)59(51-43(55)19-15-20-44(51)56)33-58(46)36-28-34(50-41(53(4,5)6)17-14-18-42(50)54(7,8)9)29-38(31-36)61-37-24-25-40-39-16-10-11-21-45(39)60(47(40)32-37)49-22-12-13-27-57-49/h10-32H,33H2,1-9H3. The molecule has 9 rings (SSSR count). The lowest BCUT2D eigenvalue weighted by Crippen LogP contribution is -2.25. The van der Waals surface area contributed by atoms with Gasteiger partial charge in [0.25, 0.3) is 0 Å². The summed E-state index contributed by atoms with van der Waals surface area (Å²) in [4.78, 5) is 8.64. The summed E-state index contributed by atoms with van der Waals surface area (Å²) in [6.45, 7) is 20.1. The molecule has 0 atom stereocenters. The van der Waals surface area contributed by atoms with Crippen LogP contribution in [0.25, 0.3) is 38.8 Å². The summed E-state index contributed by atoms with van der Waals surface area (Å²) in [5.41, 5.74) is 9.49. The van der Waals surface area contributed by atoms with Crippen LogP contribution in [0.2, 0.25) is 0 Å². The largest absolute Gasteiger partial charge is 0.457 e. The van der Waals surface area contributed by atoms with Crippen molar-refractivity contribution in [2.75, 3.05) is 16.5 Å². The van der Waals surface area contributed by atoms with Crippen LogP contribution in [0.4, 0.5) is 31.5 Å². The first kappa shape index (κ1) is 40.0. The van der Waals surface area contributed by atoms with Gasteiger partial charge in [0, 0.05) is 34.8 Å². The van der Waals surface area contributed by atoms with Crippen molar-refractivity contribution in [3.8, 4) is 28.4 Å². The molecule has 0 aliphatic carbocycles. The molecule has 0 bridgehead atoms. The Morgan fingerprint density at radius 2 is 1.21 bits per heavy atom. The number of para-hydroxylation sites is 2. The number of pyridine rings is 1. The van der Waals surface area contributed by atoms with Gasteiger partial charge in [-0.2, -0.15) is 0 Å². The van der Waals surface area contributed by atoms with E-state index in [1.54, 1.807) is 4.90 Å². The van der Waals surface area contributed by atoms with Gasteiger partial charge < -0.3 is 14.5 Å². The minimum Gasteiger partial charge on any atom is -0.457 e.